The van der Waals surface area contributed by atoms with Gasteiger partial charge in [-0.15, -0.1) is 0 Å². The molecule has 2 heterocycles. The number of sulfonamides is 1. The van der Waals surface area contributed by atoms with E-state index in [9.17, 15) is 18.0 Å². The van der Waals surface area contributed by atoms with Crippen molar-refractivity contribution in [1.29, 1.82) is 0 Å². The van der Waals surface area contributed by atoms with E-state index in [4.69, 9.17) is 4.74 Å². The highest BCUT2D eigenvalue weighted by molar-refractivity contribution is 7.89. The Balaban J connectivity index is 1.61. The molecule has 1 saturated heterocycles. The van der Waals surface area contributed by atoms with Crippen LogP contribution in [0.3, 0.4) is 0 Å². The van der Waals surface area contributed by atoms with E-state index >= 15 is 0 Å². The molecule has 0 aliphatic carbocycles. The zero-order chi connectivity index (χ0) is 23.8. The van der Waals surface area contributed by atoms with Crippen LogP contribution in [0.5, 0.6) is 5.75 Å². The summed E-state index contributed by atoms with van der Waals surface area (Å²) in [5.41, 5.74) is 1.50. The number of nitrogens with one attached hydrogen (secondary N) is 1. The number of hydrogen-bond donors (Lipinski definition) is 1. The third kappa shape index (κ3) is 4.26. The molecule has 1 amide bonds. The predicted molar refractivity (Wildman–Crippen MR) is 127 cm³/mol. The molecule has 3 aromatic rings. The molecule has 33 heavy (non-hydrogen) atoms. The number of fused-ring (bicyclic) bond motifs is 1. The third-order valence-corrected chi connectivity index (χ3v) is 7.97. The molecular weight excluding hydrogens is 442 g/mol. The summed E-state index contributed by atoms with van der Waals surface area (Å²) in [6.07, 6.45) is 1.73. The average molecular weight is 470 g/mol. The Bertz CT molecular complexity index is 1360. The van der Waals surface area contributed by atoms with Crippen molar-refractivity contribution in [2.75, 3.05) is 25.5 Å². The van der Waals surface area contributed by atoms with Gasteiger partial charge in [0, 0.05) is 30.2 Å². The summed E-state index contributed by atoms with van der Waals surface area (Å²) in [4.78, 5) is 26.1. The number of amides is 1. The molecule has 1 fully saturated rings. The molecule has 1 N–H and O–H groups in total. The fraction of sp³-hybridized carbons (Fsp3) is 0.333. The maximum absolute atomic E-state index is 13.0. The largest absolute Gasteiger partial charge is 0.495 e. The van der Waals surface area contributed by atoms with Crippen LogP contribution in [0.1, 0.15) is 31.4 Å². The van der Waals surface area contributed by atoms with Gasteiger partial charge in [0.25, 0.3) is 5.56 Å². The normalized spacial score (nSPS) is 15.5. The van der Waals surface area contributed by atoms with Gasteiger partial charge in [0.05, 0.1) is 17.5 Å². The zero-order valence-corrected chi connectivity index (χ0v) is 19.7. The average Bonchev–Trinajstić information content (AvgIpc) is 3.35. The minimum absolute atomic E-state index is 0.195. The van der Waals surface area contributed by atoms with Gasteiger partial charge in [-0.2, -0.15) is 4.31 Å². The second-order valence-electron chi connectivity index (χ2n) is 8.19. The number of methoxy groups -OCH3 is 1. The first-order valence-corrected chi connectivity index (χ1v) is 12.3. The van der Waals surface area contributed by atoms with Crippen LogP contribution in [-0.2, 0) is 14.8 Å². The van der Waals surface area contributed by atoms with Crippen molar-refractivity contribution in [2.45, 2.75) is 37.6 Å². The van der Waals surface area contributed by atoms with Gasteiger partial charge in [-0.25, -0.2) is 8.42 Å². The minimum Gasteiger partial charge on any atom is -0.495 e. The number of anilines is 1. The number of hydrogen-bond acceptors (Lipinski definition) is 5. The molecule has 1 aromatic heterocycles. The van der Waals surface area contributed by atoms with Crippen LogP contribution in [0.2, 0.25) is 0 Å². The summed E-state index contributed by atoms with van der Waals surface area (Å²) in [6.45, 7) is 4.54. The Hall–Kier alpha value is -3.17. The first-order chi connectivity index (χ1) is 15.7. The second kappa shape index (κ2) is 8.99. The fourth-order valence-electron chi connectivity index (χ4n) is 4.23. The summed E-state index contributed by atoms with van der Waals surface area (Å²) in [7, 11) is -2.00. The van der Waals surface area contributed by atoms with Crippen LogP contribution in [0.4, 0.5) is 5.69 Å². The van der Waals surface area contributed by atoms with E-state index in [-0.39, 0.29) is 10.5 Å². The highest BCUT2D eigenvalue weighted by atomic mass is 32.2. The Morgan fingerprint density at radius 2 is 1.76 bits per heavy atom. The number of benzene rings is 2. The Morgan fingerprint density at radius 3 is 2.39 bits per heavy atom. The molecule has 1 aliphatic rings. The number of aryl methyl sites for hydroxylation is 1. The molecule has 0 bridgehead atoms. The lowest BCUT2D eigenvalue weighted by atomic mass is 10.1. The predicted octanol–water partition coefficient (Wildman–Crippen LogP) is 3.30. The minimum atomic E-state index is -3.52. The van der Waals surface area contributed by atoms with E-state index in [1.165, 1.54) is 34.2 Å². The first kappa shape index (κ1) is 23.0. The Morgan fingerprint density at radius 1 is 1.09 bits per heavy atom. The van der Waals surface area contributed by atoms with Gasteiger partial charge in [0.1, 0.15) is 11.8 Å². The monoisotopic (exact) mass is 469 g/mol. The van der Waals surface area contributed by atoms with Gasteiger partial charge in [-0.1, -0.05) is 12.1 Å². The van der Waals surface area contributed by atoms with Crippen LogP contribution in [-0.4, -0.2) is 43.4 Å². The molecule has 9 heteroatoms. The Labute approximate surface area is 192 Å². The summed E-state index contributed by atoms with van der Waals surface area (Å²) in [5.74, 6) is 0.104. The van der Waals surface area contributed by atoms with Crippen molar-refractivity contribution in [2.24, 2.45) is 0 Å². The molecule has 1 aliphatic heterocycles. The number of ether oxygens (including phenoxy) is 1. The van der Waals surface area contributed by atoms with Crippen LogP contribution < -0.4 is 15.6 Å². The van der Waals surface area contributed by atoms with E-state index in [0.717, 1.165) is 23.8 Å². The van der Waals surface area contributed by atoms with Crippen LogP contribution in [0.25, 0.3) is 10.9 Å². The SMILES string of the molecule is COc1cccc2c(C)cc(=O)n(C(C)C(=O)Nc3ccc(S(=O)(=O)N4CCCC4)cc3)c12. The number of aromatic nitrogens is 1. The first-order valence-electron chi connectivity index (χ1n) is 10.8. The van der Waals surface area contributed by atoms with Crippen LogP contribution in [0, 0.1) is 6.92 Å². The van der Waals surface area contributed by atoms with E-state index < -0.39 is 22.0 Å². The number of pyridine rings is 1. The van der Waals surface area contributed by atoms with Crippen molar-refractivity contribution in [3.8, 4) is 5.75 Å². The van der Waals surface area contributed by atoms with Gasteiger partial charge in [0.2, 0.25) is 15.9 Å². The molecule has 0 saturated carbocycles. The van der Waals surface area contributed by atoms with E-state index in [1.54, 1.807) is 25.1 Å². The third-order valence-electron chi connectivity index (χ3n) is 6.05. The van der Waals surface area contributed by atoms with Gasteiger partial charge < -0.3 is 10.1 Å². The van der Waals surface area contributed by atoms with Crippen LogP contribution in [0.15, 0.2) is 58.2 Å². The number of carbonyl (C=O) groups excluding carboxylic acids is 1. The van der Waals surface area contributed by atoms with Crippen molar-refractivity contribution >= 4 is 32.5 Å². The highest BCUT2D eigenvalue weighted by Gasteiger charge is 2.27. The summed E-state index contributed by atoms with van der Waals surface area (Å²) >= 11 is 0. The molecule has 1 atom stereocenters. The summed E-state index contributed by atoms with van der Waals surface area (Å²) in [6, 6.07) is 12.2. The quantitative estimate of drug-likeness (QED) is 0.597. The number of carbonyl (C=O) groups is 1. The second-order valence-corrected chi connectivity index (χ2v) is 10.1. The van der Waals surface area contributed by atoms with Crippen molar-refractivity contribution < 1.29 is 17.9 Å². The lowest BCUT2D eigenvalue weighted by Gasteiger charge is -2.20. The Kier molecular flexibility index (Phi) is 6.27. The van der Waals surface area contributed by atoms with Crippen LogP contribution >= 0.6 is 0 Å². The van der Waals surface area contributed by atoms with Crippen molar-refractivity contribution in [1.82, 2.24) is 8.87 Å². The van der Waals surface area contributed by atoms with Gasteiger partial charge in [-0.3, -0.25) is 14.2 Å². The van der Waals surface area contributed by atoms with E-state index in [0.29, 0.717) is 30.0 Å². The molecule has 8 nitrogen and oxygen atoms in total. The van der Waals surface area contributed by atoms with Crippen molar-refractivity contribution in [3.63, 3.8) is 0 Å². The standard InChI is InChI=1S/C24H27N3O5S/c1-16-15-22(28)27(23-20(16)7-6-8-21(23)32-3)17(2)24(29)25-18-9-11-19(12-10-18)33(30,31)26-13-4-5-14-26/h6-12,15,17H,4-5,13-14H2,1-3H3,(H,25,29). The zero-order valence-electron chi connectivity index (χ0n) is 18.9. The summed E-state index contributed by atoms with van der Waals surface area (Å²) < 4.78 is 33.8. The lowest BCUT2D eigenvalue weighted by molar-refractivity contribution is -0.118. The number of nitrogens with zero attached hydrogens (tertiary/aromatic N) is 2. The summed E-state index contributed by atoms with van der Waals surface area (Å²) in [5, 5.41) is 3.61. The van der Waals surface area contributed by atoms with Gasteiger partial charge >= 0.3 is 0 Å². The smallest absolute Gasteiger partial charge is 0.252 e. The molecule has 0 spiro atoms. The molecule has 2 aromatic carbocycles. The topological polar surface area (TPSA) is 97.7 Å². The number of rotatable bonds is 6. The maximum atomic E-state index is 13.0. The van der Waals surface area contributed by atoms with E-state index in [1.807, 2.05) is 19.1 Å². The molecule has 4 rings (SSSR count). The fourth-order valence-corrected chi connectivity index (χ4v) is 5.75. The molecule has 174 valence electrons. The number of para-hydroxylation sites is 1. The van der Waals surface area contributed by atoms with Gasteiger partial charge in [-0.05, 0) is 62.6 Å². The molecular formula is C24H27N3O5S. The highest BCUT2D eigenvalue weighted by Crippen LogP contribution is 2.29. The molecule has 0 radical (unpaired) electrons. The lowest BCUT2D eigenvalue weighted by Crippen LogP contribution is -2.32. The van der Waals surface area contributed by atoms with Gasteiger partial charge in [0.15, 0.2) is 0 Å². The maximum Gasteiger partial charge on any atom is 0.252 e. The van der Waals surface area contributed by atoms with Crippen molar-refractivity contribution in [3.05, 3.63) is 64.4 Å². The van der Waals surface area contributed by atoms with E-state index in [2.05, 4.69) is 5.32 Å². The molecule has 1 unspecified atom stereocenters.